The van der Waals surface area contributed by atoms with Crippen molar-refractivity contribution in [2.45, 2.75) is 43.4 Å². The number of furan rings is 1. The van der Waals surface area contributed by atoms with E-state index in [-0.39, 0.29) is 35.8 Å². The molecule has 1 amide bonds. The zero-order valence-corrected chi connectivity index (χ0v) is 24.3. The Bertz CT molecular complexity index is 1580. The number of primary amides is 1. The largest absolute Gasteiger partial charge is 0.508 e. The number of fused-ring (bicyclic) bond motifs is 3. The zero-order chi connectivity index (χ0) is 31.0. The van der Waals surface area contributed by atoms with Crippen LogP contribution in [0.2, 0.25) is 0 Å². The van der Waals surface area contributed by atoms with Crippen LogP contribution in [0.1, 0.15) is 30.4 Å². The number of amides is 1. The van der Waals surface area contributed by atoms with E-state index in [1.165, 1.54) is 11.2 Å². The third-order valence-electron chi connectivity index (χ3n) is 9.63. The molecule has 4 atom stereocenters. The fraction of sp³-hybridized carbons (Fsp3) is 0.452. The number of benzene rings is 1. The first-order valence-electron chi connectivity index (χ1n) is 14.4. The molecule has 1 aliphatic heterocycles. The number of anilines is 1. The number of likely N-dealkylation sites (tertiary alicyclic amines) is 1. The van der Waals surface area contributed by atoms with E-state index < -0.39 is 58.0 Å². The first kappa shape index (κ1) is 29.0. The predicted molar refractivity (Wildman–Crippen MR) is 156 cm³/mol. The summed E-state index contributed by atoms with van der Waals surface area (Å²) in [6.45, 7) is 1.76. The van der Waals surface area contributed by atoms with Crippen LogP contribution in [0.4, 0.5) is 5.69 Å². The molecule has 1 saturated heterocycles. The second-order valence-corrected chi connectivity index (χ2v) is 12.4. The van der Waals surface area contributed by atoms with Gasteiger partial charge in [-0.3, -0.25) is 19.3 Å². The summed E-state index contributed by atoms with van der Waals surface area (Å²) < 4.78 is 5.36. The van der Waals surface area contributed by atoms with E-state index in [1.807, 2.05) is 13.1 Å². The maximum absolute atomic E-state index is 14.2. The van der Waals surface area contributed by atoms with Gasteiger partial charge in [-0.2, -0.15) is 0 Å². The molecule has 1 aromatic carbocycles. The number of aromatic hydroxyl groups is 1. The monoisotopic (exact) mass is 592 g/mol. The van der Waals surface area contributed by atoms with Crippen molar-refractivity contribution in [3.8, 4) is 16.9 Å². The van der Waals surface area contributed by atoms with Crippen LogP contribution in [0.5, 0.6) is 5.75 Å². The lowest BCUT2D eigenvalue weighted by Gasteiger charge is -2.50. The number of phenols is 1. The summed E-state index contributed by atoms with van der Waals surface area (Å²) >= 11 is 0. The third-order valence-corrected chi connectivity index (χ3v) is 9.63. The molecule has 1 aromatic heterocycles. The van der Waals surface area contributed by atoms with Gasteiger partial charge in [-0.25, -0.2) is 0 Å². The van der Waals surface area contributed by atoms with Gasteiger partial charge in [-0.1, -0.05) is 0 Å². The number of nitrogens with two attached hydrogens (primary N) is 1. The van der Waals surface area contributed by atoms with Crippen LogP contribution >= 0.6 is 0 Å². The van der Waals surface area contributed by atoms with Crippen LogP contribution in [0.25, 0.3) is 16.9 Å². The van der Waals surface area contributed by atoms with Crippen molar-refractivity contribution < 1.29 is 39.2 Å². The lowest BCUT2D eigenvalue weighted by atomic mass is 9.57. The highest BCUT2D eigenvalue weighted by atomic mass is 16.3. The standard InChI is InChI=1S/C31H36N4O8/c1-34(2)24-19-11-15-10-18-17(14-6-9-43-13-14)12-20(33-16-4-7-35(3)8-5-16)25(36)22(18)26(37)21(15)28(39)31(19,42)29(40)23(27(24)38)30(32)41/h6,9,12-13,15-16,19,24,33,36-37,40,42H,4-5,7-8,10-11H2,1-3H3,(H2,32,41)/t15-,19-,24+,31-/m1/s1. The minimum Gasteiger partial charge on any atom is -0.508 e. The normalized spacial score (nSPS) is 28.2. The number of hydrogen-bond donors (Lipinski definition) is 6. The first-order valence-corrected chi connectivity index (χ1v) is 14.4. The molecule has 1 saturated carbocycles. The van der Waals surface area contributed by atoms with Gasteiger partial charge in [0.05, 0.1) is 29.8 Å². The molecule has 2 fully saturated rings. The Labute approximate surface area is 248 Å². The van der Waals surface area contributed by atoms with Gasteiger partial charge in [0.15, 0.2) is 11.4 Å². The van der Waals surface area contributed by atoms with Crippen molar-refractivity contribution in [2.24, 2.45) is 17.6 Å². The highest BCUT2D eigenvalue weighted by molar-refractivity contribution is 6.24. The van der Waals surface area contributed by atoms with Crippen molar-refractivity contribution in [3.63, 3.8) is 0 Å². The lowest BCUT2D eigenvalue weighted by Crippen LogP contribution is -2.65. The van der Waals surface area contributed by atoms with Gasteiger partial charge in [0.1, 0.15) is 22.8 Å². The number of aliphatic hydroxyl groups is 3. The Morgan fingerprint density at radius 1 is 1.19 bits per heavy atom. The molecule has 43 heavy (non-hydrogen) atoms. The van der Waals surface area contributed by atoms with Crippen LogP contribution in [-0.4, -0.2) is 99.6 Å². The van der Waals surface area contributed by atoms with Crippen molar-refractivity contribution in [1.29, 1.82) is 0 Å². The Kier molecular flexibility index (Phi) is 6.90. The number of piperidine rings is 1. The molecule has 0 radical (unpaired) electrons. The third kappa shape index (κ3) is 4.27. The van der Waals surface area contributed by atoms with Gasteiger partial charge >= 0.3 is 0 Å². The zero-order valence-electron chi connectivity index (χ0n) is 24.3. The lowest BCUT2D eigenvalue weighted by molar-refractivity contribution is -0.153. The number of carbonyl (C=O) groups is 3. The fourth-order valence-electron chi connectivity index (χ4n) is 7.47. The van der Waals surface area contributed by atoms with E-state index in [0.29, 0.717) is 22.4 Å². The molecule has 12 heteroatoms. The molecular weight excluding hydrogens is 556 g/mol. The number of phenolic OH excluding ortho intramolecular Hbond substituents is 1. The van der Waals surface area contributed by atoms with Crippen LogP contribution < -0.4 is 11.1 Å². The Hall–Kier alpha value is -4.13. The molecular formula is C31H36N4O8. The molecule has 0 unspecified atom stereocenters. The molecule has 7 N–H and O–H groups in total. The number of Topliss-reactive ketones (excluding diaryl/α,β-unsaturated/α-hetero) is 2. The molecule has 3 aliphatic carbocycles. The van der Waals surface area contributed by atoms with E-state index >= 15 is 0 Å². The first-order chi connectivity index (χ1) is 20.4. The van der Waals surface area contributed by atoms with E-state index in [4.69, 9.17) is 10.2 Å². The van der Waals surface area contributed by atoms with Crippen molar-refractivity contribution >= 4 is 28.9 Å². The number of carbonyl (C=O) groups excluding carboxylic acids is 3. The predicted octanol–water partition coefficient (Wildman–Crippen LogP) is 1.73. The molecule has 4 aliphatic rings. The summed E-state index contributed by atoms with van der Waals surface area (Å²) in [5.41, 5.74) is 4.12. The summed E-state index contributed by atoms with van der Waals surface area (Å²) in [7, 11) is 5.19. The van der Waals surface area contributed by atoms with Gasteiger partial charge in [-0.05, 0) is 89.1 Å². The number of hydrogen-bond acceptors (Lipinski definition) is 11. The molecule has 2 aromatic rings. The molecule has 2 heterocycles. The van der Waals surface area contributed by atoms with Gasteiger partial charge < -0.3 is 40.8 Å². The van der Waals surface area contributed by atoms with Gasteiger partial charge in [0.25, 0.3) is 5.91 Å². The minimum atomic E-state index is -2.68. The van der Waals surface area contributed by atoms with Crippen LogP contribution in [0, 0.1) is 11.8 Å². The summed E-state index contributed by atoms with van der Waals surface area (Å²) in [5, 5.41) is 49.7. The van der Waals surface area contributed by atoms with Crippen molar-refractivity contribution in [1.82, 2.24) is 9.80 Å². The smallest absolute Gasteiger partial charge is 0.255 e. The van der Waals surface area contributed by atoms with E-state index in [9.17, 15) is 34.8 Å². The number of nitrogens with zero attached hydrogens (tertiary/aromatic N) is 2. The van der Waals surface area contributed by atoms with Gasteiger partial charge in [0.2, 0.25) is 5.78 Å². The van der Waals surface area contributed by atoms with Crippen LogP contribution in [-0.2, 0) is 20.8 Å². The number of likely N-dealkylation sites (N-methyl/N-ethyl adjacent to an activating group) is 1. The van der Waals surface area contributed by atoms with Crippen molar-refractivity contribution in [3.05, 3.63) is 52.7 Å². The summed E-state index contributed by atoms with van der Waals surface area (Å²) in [4.78, 5) is 43.4. The maximum atomic E-state index is 14.2. The average molecular weight is 593 g/mol. The highest BCUT2D eigenvalue weighted by Gasteiger charge is 2.64. The van der Waals surface area contributed by atoms with Crippen molar-refractivity contribution in [2.75, 3.05) is 39.5 Å². The second kappa shape index (κ2) is 10.2. The Morgan fingerprint density at radius 3 is 2.49 bits per heavy atom. The summed E-state index contributed by atoms with van der Waals surface area (Å²) in [5.74, 6) is -6.76. The molecule has 228 valence electrons. The van der Waals surface area contributed by atoms with Crippen LogP contribution in [0.15, 0.2) is 46.0 Å². The van der Waals surface area contributed by atoms with Gasteiger partial charge in [0, 0.05) is 23.1 Å². The average Bonchev–Trinajstić information content (AvgIpc) is 3.48. The van der Waals surface area contributed by atoms with Gasteiger partial charge in [-0.15, -0.1) is 0 Å². The van der Waals surface area contributed by atoms with Crippen LogP contribution in [0.3, 0.4) is 0 Å². The topological polar surface area (TPSA) is 190 Å². The summed E-state index contributed by atoms with van der Waals surface area (Å²) in [6.07, 6.45) is 4.98. The van der Waals surface area contributed by atoms with E-state index in [0.717, 1.165) is 25.9 Å². The molecule has 0 bridgehead atoms. The number of aliphatic hydroxyl groups excluding tert-OH is 2. The SMILES string of the molecule is CN1CCC(Nc2cc(-c3ccoc3)c3c(c2O)C(O)=C2C(=O)[C@@]4(O)C(O)=C(C(N)=O)C(=O)[C@@H](N(C)C)[C@H]4C[C@H]2C3)CC1. The molecule has 6 rings (SSSR count). The minimum absolute atomic E-state index is 0.0208. The second-order valence-electron chi connectivity index (χ2n) is 12.4. The molecule has 0 spiro atoms. The number of ketones is 2. The Morgan fingerprint density at radius 2 is 1.88 bits per heavy atom. The number of nitrogens with one attached hydrogen (secondary N) is 1. The Balaban J connectivity index is 1.53. The number of rotatable bonds is 5. The fourth-order valence-corrected chi connectivity index (χ4v) is 7.47. The summed E-state index contributed by atoms with van der Waals surface area (Å²) in [6, 6.07) is 2.51. The molecule has 12 nitrogen and oxygen atoms in total. The van der Waals surface area contributed by atoms with E-state index in [2.05, 4.69) is 10.2 Å². The maximum Gasteiger partial charge on any atom is 0.255 e. The van der Waals surface area contributed by atoms with E-state index in [1.54, 1.807) is 26.4 Å². The quantitative estimate of drug-likeness (QED) is 0.219. The highest BCUT2D eigenvalue weighted by Crippen LogP contribution is 2.54.